The van der Waals surface area contributed by atoms with E-state index in [1.807, 2.05) is 18.2 Å². The molecule has 27 heavy (non-hydrogen) atoms. The highest BCUT2D eigenvalue weighted by molar-refractivity contribution is 6.30. The fourth-order valence-electron chi connectivity index (χ4n) is 3.07. The first-order valence-electron chi connectivity index (χ1n) is 8.46. The highest BCUT2D eigenvalue weighted by Gasteiger charge is 2.34. The van der Waals surface area contributed by atoms with Gasteiger partial charge in [-0.05, 0) is 35.9 Å². The topological polar surface area (TPSA) is 67.8 Å². The fourth-order valence-corrected chi connectivity index (χ4v) is 3.20. The number of hydrogen-bond acceptors (Lipinski definition) is 4. The van der Waals surface area contributed by atoms with Crippen molar-refractivity contribution in [1.82, 2.24) is 9.58 Å². The summed E-state index contributed by atoms with van der Waals surface area (Å²) in [5, 5.41) is 6.57. The van der Waals surface area contributed by atoms with Crippen molar-refractivity contribution >= 4 is 23.2 Å². The van der Waals surface area contributed by atoms with Gasteiger partial charge in [-0.1, -0.05) is 29.8 Å². The van der Waals surface area contributed by atoms with Gasteiger partial charge in [0, 0.05) is 23.7 Å². The number of furan rings is 1. The number of hydrogen-bond donors (Lipinski definition) is 0. The van der Waals surface area contributed by atoms with Gasteiger partial charge in [-0.25, -0.2) is 5.01 Å². The maximum Gasteiger partial charge on any atom is 0.263 e. The van der Waals surface area contributed by atoms with Crippen molar-refractivity contribution in [2.24, 2.45) is 5.10 Å². The molecule has 0 saturated carbocycles. The Bertz CT molecular complexity index is 1040. The monoisotopic (exact) mass is 381 g/mol. The van der Waals surface area contributed by atoms with Crippen molar-refractivity contribution in [3.8, 4) is 0 Å². The molecule has 1 aliphatic rings. The molecule has 2 aromatic heterocycles. The van der Waals surface area contributed by atoms with E-state index in [9.17, 15) is 9.59 Å². The van der Waals surface area contributed by atoms with Crippen LogP contribution in [0.25, 0.3) is 0 Å². The normalized spacial score (nSPS) is 16.4. The number of hydrazone groups is 1. The summed E-state index contributed by atoms with van der Waals surface area (Å²) in [6.45, 7) is -0.0890. The zero-order valence-electron chi connectivity index (χ0n) is 14.3. The van der Waals surface area contributed by atoms with E-state index in [1.165, 1.54) is 15.6 Å². The summed E-state index contributed by atoms with van der Waals surface area (Å²) in [5.74, 6) is 0.366. The summed E-state index contributed by atoms with van der Waals surface area (Å²) in [6, 6.07) is 15.3. The highest BCUT2D eigenvalue weighted by Crippen LogP contribution is 2.33. The minimum Gasteiger partial charge on any atom is -0.467 e. The van der Waals surface area contributed by atoms with Crippen molar-refractivity contribution in [2.75, 3.05) is 0 Å². The van der Waals surface area contributed by atoms with Crippen LogP contribution in [0.5, 0.6) is 0 Å². The number of benzene rings is 1. The molecule has 0 aliphatic carbocycles. The Kier molecular flexibility index (Phi) is 4.64. The summed E-state index contributed by atoms with van der Waals surface area (Å²) in [6.07, 6.45) is 3.67. The number of nitrogens with zero attached hydrogens (tertiary/aromatic N) is 3. The Balaban J connectivity index is 1.65. The summed E-state index contributed by atoms with van der Waals surface area (Å²) < 4.78 is 6.88. The summed E-state index contributed by atoms with van der Waals surface area (Å²) >= 11 is 5.96. The van der Waals surface area contributed by atoms with Crippen molar-refractivity contribution < 1.29 is 9.21 Å². The molecule has 1 aromatic carbocycles. The molecular formula is C20H16ClN3O3. The molecule has 7 heteroatoms. The van der Waals surface area contributed by atoms with Crippen LogP contribution in [0.1, 0.15) is 23.8 Å². The molecular weight excluding hydrogens is 366 g/mol. The van der Waals surface area contributed by atoms with E-state index in [-0.39, 0.29) is 24.1 Å². The van der Waals surface area contributed by atoms with Gasteiger partial charge in [0.2, 0.25) is 0 Å². The maximum absolute atomic E-state index is 12.9. The van der Waals surface area contributed by atoms with Gasteiger partial charge in [-0.3, -0.25) is 9.59 Å². The largest absolute Gasteiger partial charge is 0.467 e. The molecule has 0 spiro atoms. The summed E-state index contributed by atoms with van der Waals surface area (Å²) in [5.41, 5.74) is 1.42. The molecule has 3 aromatic rings. The lowest BCUT2D eigenvalue weighted by molar-refractivity contribution is -0.134. The summed E-state index contributed by atoms with van der Waals surface area (Å²) in [4.78, 5) is 24.8. The van der Waals surface area contributed by atoms with E-state index in [0.29, 0.717) is 17.2 Å². The van der Waals surface area contributed by atoms with E-state index < -0.39 is 0 Å². The second kappa shape index (κ2) is 7.25. The van der Waals surface area contributed by atoms with Crippen LogP contribution >= 0.6 is 11.6 Å². The molecule has 0 N–H and O–H groups in total. The zero-order valence-corrected chi connectivity index (χ0v) is 15.0. The third kappa shape index (κ3) is 3.57. The molecule has 0 unspecified atom stereocenters. The average Bonchev–Trinajstić information content (AvgIpc) is 3.33. The predicted molar refractivity (Wildman–Crippen MR) is 102 cm³/mol. The predicted octanol–water partition coefficient (Wildman–Crippen LogP) is 3.47. The second-order valence-electron chi connectivity index (χ2n) is 6.19. The first-order chi connectivity index (χ1) is 13.1. The van der Waals surface area contributed by atoms with Crippen LogP contribution in [-0.4, -0.2) is 21.2 Å². The van der Waals surface area contributed by atoms with Gasteiger partial charge in [0.25, 0.3) is 11.5 Å². The number of rotatable bonds is 4. The summed E-state index contributed by atoms with van der Waals surface area (Å²) in [7, 11) is 0. The van der Waals surface area contributed by atoms with Gasteiger partial charge in [0.15, 0.2) is 0 Å². The molecule has 3 heterocycles. The smallest absolute Gasteiger partial charge is 0.263 e. The Hall–Kier alpha value is -3.12. The molecule has 1 aliphatic heterocycles. The van der Waals surface area contributed by atoms with Crippen LogP contribution in [0.3, 0.4) is 0 Å². The molecule has 0 fully saturated rings. The number of aromatic nitrogens is 1. The van der Waals surface area contributed by atoms with Crippen LogP contribution < -0.4 is 5.56 Å². The number of pyridine rings is 1. The molecule has 0 bridgehead atoms. The van der Waals surface area contributed by atoms with E-state index in [0.717, 1.165) is 11.3 Å². The maximum atomic E-state index is 12.9. The van der Waals surface area contributed by atoms with Gasteiger partial charge in [0.05, 0.1) is 12.0 Å². The first kappa shape index (κ1) is 17.3. The molecule has 0 radical (unpaired) electrons. The van der Waals surface area contributed by atoms with Crippen LogP contribution in [0.2, 0.25) is 5.02 Å². The standard InChI is InChI=1S/C20H16ClN3O3/c21-15-8-6-14(7-9-15)16-12-17(18-4-3-11-27-18)24(22-16)20(26)13-23-10-2-1-5-19(23)25/h1-11,17H,12-13H2/t17-/m1/s1. The fraction of sp³-hybridized carbons (Fsp3) is 0.150. The van der Waals surface area contributed by atoms with Crippen molar-refractivity contribution in [1.29, 1.82) is 0 Å². The van der Waals surface area contributed by atoms with Gasteiger partial charge in [-0.2, -0.15) is 5.10 Å². The molecule has 4 rings (SSSR count). The minimum atomic E-state index is -0.349. The molecule has 0 saturated heterocycles. The van der Waals surface area contributed by atoms with Gasteiger partial charge in [0.1, 0.15) is 18.3 Å². The van der Waals surface area contributed by atoms with E-state index in [2.05, 4.69) is 5.10 Å². The van der Waals surface area contributed by atoms with E-state index >= 15 is 0 Å². The lowest BCUT2D eigenvalue weighted by Gasteiger charge is -2.20. The van der Waals surface area contributed by atoms with Crippen LogP contribution in [0, 0.1) is 0 Å². The van der Waals surface area contributed by atoms with Crippen molar-refractivity contribution in [3.05, 3.63) is 93.8 Å². The minimum absolute atomic E-state index is 0.0890. The first-order valence-corrected chi connectivity index (χ1v) is 8.84. The zero-order chi connectivity index (χ0) is 18.8. The quantitative estimate of drug-likeness (QED) is 0.694. The molecule has 136 valence electrons. The van der Waals surface area contributed by atoms with E-state index in [1.54, 1.807) is 42.8 Å². The Morgan fingerprint density at radius 2 is 1.96 bits per heavy atom. The third-order valence-corrected chi connectivity index (χ3v) is 4.67. The Morgan fingerprint density at radius 3 is 2.67 bits per heavy atom. The number of halogens is 1. The van der Waals surface area contributed by atoms with Crippen LogP contribution in [0.4, 0.5) is 0 Å². The van der Waals surface area contributed by atoms with E-state index in [4.69, 9.17) is 16.0 Å². The lowest BCUT2D eigenvalue weighted by atomic mass is 10.0. The number of carbonyl (C=O) groups is 1. The Morgan fingerprint density at radius 1 is 1.15 bits per heavy atom. The van der Waals surface area contributed by atoms with Gasteiger partial charge < -0.3 is 8.98 Å². The second-order valence-corrected chi connectivity index (χ2v) is 6.63. The van der Waals surface area contributed by atoms with Gasteiger partial charge >= 0.3 is 0 Å². The average molecular weight is 382 g/mol. The third-order valence-electron chi connectivity index (χ3n) is 4.42. The number of carbonyl (C=O) groups excluding carboxylic acids is 1. The SMILES string of the molecule is O=C(Cn1ccccc1=O)N1N=C(c2ccc(Cl)cc2)C[C@@H]1c1ccco1. The highest BCUT2D eigenvalue weighted by atomic mass is 35.5. The molecule has 6 nitrogen and oxygen atoms in total. The van der Waals surface area contributed by atoms with Gasteiger partial charge in [-0.15, -0.1) is 0 Å². The Labute approximate surface area is 160 Å². The van der Waals surface area contributed by atoms with Crippen molar-refractivity contribution in [3.63, 3.8) is 0 Å². The van der Waals surface area contributed by atoms with Crippen molar-refractivity contribution in [2.45, 2.75) is 19.0 Å². The van der Waals surface area contributed by atoms with Crippen LogP contribution in [-0.2, 0) is 11.3 Å². The number of amides is 1. The van der Waals surface area contributed by atoms with Crippen LogP contribution in [0.15, 0.2) is 81.4 Å². The molecule has 1 amide bonds. The lowest BCUT2D eigenvalue weighted by Crippen LogP contribution is -2.33. The molecule has 1 atom stereocenters.